The molecule has 6 rings (SSSR count). The second-order valence-electron chi connectivity index (χ2n) is 13.1. The molecule has 3 aliphatic heterocycles. The van der Waals surface area contributed by atoms with Crippen molar-refractivity contribution in [2.45, 2.75) is 95.2 Å². The van der Waals surface area contributed by atoms with Gasteiger partial charge in [-0.2, -0.15) is 0 Å². The Morgan fingerprint density at radius 3 is 1.89 bits per heavy atom. The predicted molar refractivity (Wildman–Crippen MR) is 173 cm³/mol. The third-order valence-electron chi connectivity index (χ3n) is 9.79. The number of ether oxygens (including phenoxy) is 2. The molecule has 47 heavy (non-hydrogen) atoms. The zero-order valence-corrected chi connectivity index (χ0v) is 26.6. The van der Waals surface area contributed by atoms with Crippen molar-refractivity contribution in [2.24, 2.45) is 0 Å². The van der Waals surface area contributed by atoms with Crippen molar-refractivity contribution in [1.82, 2.24) is 9.80 Å². The highest BCUT2D eigenvalue weighted by Crippen LogP contribution is 2.41. The van der Waals surface area contributed by atoms with Gasteiger partial charge in [0.2, 0.25) is 11.7 Å². The van der Waals surface area contributed by atoms with E-state index in [1.807, 2.05) is 0 Å². The number of nitrogens with zero attached hydrogens (tertiary/aromatic N) is 2. The van der Waals surface area contributed by atoms with Crippen molar-refractivity contribution in [3.63, 3.8) is 0 Å². The second-order valence-corrected chi connectivity index (χ2v) is 13.1. The first-order valence-corrected chi connectivity index (χ1v) is 16.8. The van der Waals surface area contributed by atoms with Gasteiger partial charge in [0, 0.05) is 13.1 Å². The van der Waals surface area contributed by atoms with Gasteiger partial charge in [0.1, 0.15) is 58.9 Å². The smallest absolute Gasteiger partial charge is 0.229 e. The molecule has 2 aromatic carbocycles. The molecular formula is C35H46N2O10. The molecular weight excluding hydrogens is 608 g/mol. The van der Waals surface area contributed by atoms with Gasteiger partial charge in [0.05, 0.1) is 23.3 Å². The van der Waals surface area contributed by atoms with E-state index in [2.05, 4.69) is 9.80 Å². The summed E-state index contributed by atoms with van der Waals surface area (Å²) in [5.41, 5.74) is 1.30. The highest BCUT2D eigenvalue weighted by molar-refractivity contribution is 5.92. The molecule has 256 valence electrons. The summed E-state index contributed by atoms with van der Waals surface area (Å²) in [5, 5.41) is 63.2. The maximum Gasteiger partial charge on any atom is 0.229 e. The molecule has 3 fully saturated rings. The Bertz CT molecular complexity index is 1560. The van der Waals surface area contributed by atoms with Crippen LogP contribution in [-0.4, -0.2) is 104 Å². The Labute approximate surface area is 273 Å². The minimum atomic E-state index is -1.58. The molecule has 12 heteroatoms. The van der Waals surface area contributed by atoms with Gasteiger partial charge in [0.25, 0.3) is 0 Å². The summed E-state index contributed by atoms with van der Waals surface area (Å²) in [6.07, 6.45) is 3.04. The summed E-state index contributed by atoms with van der Waals surface area (Å²) < 4.78 is 17.2. The minimum Gasteiger partial charge on any atom is -0.507 e. The minimum absolute atomic E-state index is 0.0194. The molecule has 3 aliphatic rings. The number of fused-ring (bicyclic) bond motifs is 1. The number of hydrogen-bond donors (Lipinski definition) is 6. The Balaban J connectivity index is 1.34. The summed E-state index contributed by atoms with van der Waals surface area (Å²) in [5.74, 6) is -0.0379. The lowest BCUT2D eigenvalue weighted by Crippen LogP contribution is -2.60. The van der Waals surface area contributed by atoms with Crippen LogP contribution in [0.2, 0.25) is 0 Å². The fourth-order valence-corrected chi connectivity index (χ4v) is 7.00. The fraction of sp³-hybridized carbons (Fsp3) is 0.571. The van der Waals surface area contributed by atoms with Gasteiger partial charge in [-0.1, -0.05) is 37.8 Å². The van der Waals surface area contributed by atoms with Crippen molar-refractivity contribution in [1.29, 1.82) is 0 Å². The number of phenols is 2. The van der Waals surface area contributed by atoms with Crippen molar-refractivity contribution < 1.29 is 44.5 Å². The standard InChI is InChI=1S/C35H46N2O10/c38-19-26-31(42)32(43)33(44)35(47-26)46-22-11-9-21(10-12-22)25-20-45-34-24(18-37-15-7-3-4-8-16-37)28(39)23(29(40)27(34)30(25)41)17-36-13-5-1-2-6-14-36/h9-12,20,26,31-33,35,38-40,42-44H,1-8,13-19H2/t26-,31-,32+,33-,35+/m0/s1. The maximum absolute atomic E-state index is 14.2. The topological polar surface area (TPSA) is 177 Å². The highest BCUT2D eigenvalue weighted by Gasteiger charge is 2.44. The van der Waals surface area contributed by atoms with Gasteiger partial charge in [-0.25, -0.2) is 0 Å². The summed E-state index contributed by atoms with van der Waals surface area (Å²) in [6.45, 7) is 3.61. The van der Waals surface area contributed by atoms with Crippen LogP contribution in [0.3, 0.4) is 0 Å². The van der Waals surface area contributed by atoms with Crippen LogP contribution in [0.1, 0.15) is 62.5 Å². The molecule has 0 spiro atoms. The lowest BCUT2D eigenvalue weighted by Gasteiger charge is -2.39. The van der Waals surface area contributed by atoms with E-state index in [1.165, 1.54) is 6.26 Å². The van der Waals surface area contributed by atoms with E-state index < -0.39 is 42.7 Å². The molecule has 0 amide bonds. The Morgan fingerprint density at radius 2 is 1.32 bits per heavy atom. The number of aliphatic hydroxyl groups excluding tert-OH is 4. The molecule has 0 aliphatic carbocycles. The molecule has 12 nitrogen and oxygen atoms in total. The van der Waals surface area contributed by atoms with E-state index in [4.69, 9.17) is 13.9 Å². The first-order valence-electron chi connectivity index (χ1n) is 16.8. The quantitative estimate of drug-likeness (QED) is 0.210. The molecule has 5 atom stereocenters. The van der Waals surface area contributed by atoms with Crippen LogP contribution < -0.4 is 10.2 Å². The van der Waals surface area contributed by atoms with Crippen LogP contribution in [0, 0.1) is 0 Å². The molecule has 0 unspecified atom stereocenters. The van der Waals surface area contributed by atoms with Crippen molar-refractivity contribution in [3.8, 4) is 28.4 Å². The zero-order valence-electron chi connectivity index (χ0n) is 26.6. The van der Waals surface area contributed by atoms with E-state index >= 15 is 0 Å². The number of benzene rings is 2. The molecule has 4 heterocycles. The van der Waals surface area contributed by atoms with E-state index in [1.54, 1.807) is 24.3 Å². The summed E-state index contributed by atoms with van der Waals surface area (Å²) in [4.78, 5) is 18.7. The normalized spacial score (nSPS) is 26.6. The lowest BCUT2D eigenvalue weighted by molar-refractivity contribution is -0.277. The van der Waals surface area contributed by atoms with Crippen molar-refractivity contribution in [2.75, 3.05) is 32.8 Å². The molecule has 0 radical (unpaired) electrons. The van der Waals surface area contributed by atoms with Gasteiger partial charge in [-0.05, 0) is 69.6 Å². The average Bonchev–Trinajstić information content (AvgIpc) is 3.51. The number of hydrogen-bond acceptors (Lipinski definition) is 12. The van der Waals surface area contributed by atoms with E-state index in [-0.39, 0.29) is 33.8 Å². The first-order chi connectivity index (χ1) is 22.8. The van der Waals surface area contributed by atoms with E-state index in [0.717, 1.165) is 77.5 Å². The Kier molecular flexibility index (Phi) is 10.7. The van der Waals surface area contributed by atoms with Gasteiger partial charge in [0.15, 0.2) is 0 Å². The molecule has 3 aromatic rings. The lowest BCUT2D eigenvalue weighted by atomic mass is 9.98. The molecule has 6 N–H and O–H groups in total. The van der Waals surface area contributed by atoms with Gasteiger partial charge >= 0.3 is 0 Å². The molecule has 0 bridgehead atoms. The van der Waals surface area contributed by atoms with Crippen LogP contribution in [0.25, 0.3) is 22.1 Å². The number of rotatable bonds is 8. The van der Waals surface area contributed by atoms with E-state index in [0.29, 0.717) is 29.8 Å². The first kappa shape index (κ1) is 33.7. The Morgan fingerprint density at radius 1 is 0.745 bits per heavy atom. The van der Waals surface area contributed by atoms with Crippen LogP contribution in [0.15, 0.2) is 39.7 Å². The SMILES string of the molecule is O=c1c(-c2ccc(O[C@@H]3O[C@@H](CO)[C@H](O)[C@@H](O)[C@@H]3O)cc2)coc2c(CN3CCCCCC3)c(O)c(CN3CCCCCC3)c(O)c12. The molecule has 0 saturated carbocycles. The van der Waals surface area contributed by atoms with E-state index in [9.17, 15) is 35.4 Å². The monoisotopic (exact) mass is 654 g/mol. The van der Waals surface area contributed by atoms with Gasteiger partial charge in [-0.3, -0.25) is 14.6 Å². The number of likely N-dealkylation sites (tertiary alicyclic amines) is 2. The maximum atomic E-state index is 14.2. The Hall–Kier alpha value is -3.23. The van der Waals surface area contributed by atoms with Crippen LogP contribution >= 0.6 is 0 Å². The fourth-order valence-electron chi connectivity index (χ4n) is 7.00. The summed E-state index contributed by atoms with van der Waals surface area (Å²) in [7, 11) is 0. The highest BCUT2D eigenvalue weighted by atomic mass is 16.7. The number of aromatic hydroxyl groups is 2. The van der Waals surface area contributed by atoms with Gasteiger partial charge < -0.3 is 44.5 Å². The predicted octanol–water partition coefficient (Wildman–Crippen LogP) is 2.80. The van der Waals surface area contributed by atoms with Gasteiger partial charge in [-0.15, -0.1) is 0 Å². The number of aliphatic hydroxyl groups is 4. The third-order valence-corrected chi connectivity index (χ3v) is 9.79. The molecule has 3 saturated heterocycles. The summed E-state index contributed by atoms with van der Waals surface area (Å²) in [6, 6.07) is 6.33. The zero-order chi connectivity index (χ0) is 33.1. The second kappa shape index (κ2) is 14.9. The van der Waals surface area contributed by atoms with Crippen LogP contribution in [0.4, 0.5) is 0 Å². The van der Waals surface area contributed by atoms with Crippen LogP contribution in [-0.2, 0) is 17.8 Å². The van der Waals surface area contributed by atoms with Crippen molar-refractivity contribution >= 4 is 11.0 Å². The van der Waals surface area contributed by atoms with Crippen molar-refractivity contribution in [3.05, 3.63) is 51.9 Å². The average molecular weight is 655 g/mol. The summed E-state index contributed by atoms with van der Waals surface area (Å²) >= 11 is 0. The number of phenolic OH excluding ortho intramolecular Hbond substituents is 2. The largest absolute Gasteiger partial charge is 0.507 e. The van der Waals surface area contributed by atoms with Crippen LogP contribution in [0.5, 0.6) is 17.2 Å². The molecule has 1 aromatic heterocycles. The third kappa shape index (κ3) is 7.14.